The molecule has 0 unspecified atom stereocenters. The number of para-hydroxylation sites is 1. The molecule has 8 heteroatoms. The number of rotatable bonds is 5. The normalized spacial score (nSPS) is 26.6. The van der Waals surface area contributed by atoms with Gasteiger partial charge < -0.3 is 35.2 Å². The highest BCUT2D eigenvalue weighted by Gasteiger charge is 2.36. The summed E-state index contributed by atoms with van der Waals surface area (Å²) in [5.41, 5.74) is 0.763. The van der Waals surface area contributed by atoms with E-state index in [0.717, 1.165) is 5.56 Å². The van der Waals surface area contributed by atoms with Crippen molar-refractivity contribution in [2.45, 2.75) is 24.8 Å². The molecule has 2 aliphatic heterocycles. The van der Waals surface area contributed by atoms with Crippen molar-refractivity contribution in [3.05, 3.63) is 29.8 Å². The van der Waals surface area contributed by atoms with Crippen LogP contribution in [0.15, 0.2) is 24.3 Å². The van der Waals surface area contributed by atoms with E-state index in [2.05, 4.69) is 10.6 Å². The number of phenols is 1. The third-order valence-electron chi connectivity index (χ3n) is 4.58. The lowest BCUT2D eigenvalue weighted by molar-refractivity contribution is 0.0360. The molecule has 2 heterocycles. The molecule has 2 amide bonds. The number of ether oxygens (including phenoxy) is 2. The maximum atomic E-state index is 12.1. The molecule has 8 nitrogen and oxygen atoms in total. The fourth-order valence-electron chi connectivity index (χ4n) is 3.01. The van der Waals surface area contributed by atoms with E-state index in [0.29, 0.717) is 39.5 Å². The summed E-state index contributed by atoms with van der Waals surface area (Å²) in [6.45, 7) is 3.29. The standard InChI is InChI=1S/C17H25N3O5/c21-14-4-2-1-3-12(14)9-18-13-11-25-15(16(13)22)10-19-17(23)20-5-7-24-8-6-20/h1-4,13,15-16,18,21-22H,5-11H2,(H,19,23)/t13-,15-,16+/m1/s1. The number of amides is 2. The SMILES string of the molecule is O=C(NC[C@H]1OC[C@@H](NCc2ccccc2O)[C@@H]1O)N1CCOCC1. The Kier molecular flexibility index (Phi) is 6.09. The molecule has 0 aliphatic carbocycles. The first-order valence-electron chi connectivity index (χ1n) is 8.55. The molecular formula is C17H25N3O5. The van der Waals surface area contributed by atoms with Crippen molar-refractivity contribution in [2.75, 3.05) is 39.5 Å². The zero-order valence-corrected chi connectivity index (χ0v) is 14.1. The van der Waals surface area contributed by atoms with Crippen LogP contribution in [0, 0.1) is 0 Å². The Morgan fingerprint density at radius 3 is 2.80 bits per heavy atom. The Morgan fingerprint density at radius 1 is 1.28 bits per heavy atom. The topological polar surface area (TPSA) is 103 Å². The predicted octanol–water partition coefficient (Wildman–Crippen LogP) is -0.348. The van der Waals surface area contributed by atoms with Crippen molar-refractivity contribution < 1.29 is 24.5 Å². The Balaban J connectivity index is 1.42. The van der Waals surface area contributed by atoms with Crippen LogP contribution in [0.5, 0.6) is 5.75 Å². The number of carbonyl (C=O) groups is 1. The molecule has 0 saturated carbocycles. The fraction of sp³-hybridized carbons (Fsp3) is 0.588. The first-order chi connectivity index (χ1) is 12.1. The maximum Gasteiger partial charge on any atom is 0.317 e. The number of hydrogen-bond acceptors (Lipinski definition) is 6. The van der Waals surface area contributed by atoms with Crippen LogP contribution in [0.1, 0.15) is 5.56 Å². The zero-order chi connectivity index (χ0) is 17.6. The summed E-state index contributed by atoms with van der Waals surface area (Å²) >= 11 is 0. The Labute approximate surface area is 146 Å². The van der Waals surface area contributed by atoms with Gasteiger partial charge >= 0.3 is 6.03 Å². The zero-order valence-electron chi connectivity index (χ0n) is 14.1. The van der Waals surface area contributed by atoms with E-state index in [9.17, 15) is 15.0 Å². The number of carbonyl (C=O) groups excluding carboxylic acids is 1. The summed E-state index contributed by atoms with van der Waals surface area (Å²) in [5, 5.41) is 26.2. The molecule has 0 bridgehead atoms. The first kappa shape index (κ1) is 17.9. The van der Waals surface area contributed by atoms with Crippen molar-refractivity contribution in [3.63, 3.8) is 0 Å². The van der Waals surface area contributed by atoms with Crippen molar-refractivity contribution in [1.29, 1.82) is 0 Å². The number of benzene rings is 1. The molecule has 3 atom stereocenters. The van der Waals surface area contributed by atoms with E-state index >= 15 is 0 Å². The second-order valence-corrected chi connectivity index (χ2v) is 6.26. The van der Waals surface area contributed by atoms with Crippen LogP contribution in [0.2, 0.25) is 0 Å². The van der Waals surface area contributed by atoms with Gasteiger partial charge in [-0.15, -0.1) is 0 Å². The summed E-state index contributed by atoms with van der Waals surface area (Å²) in [6.07, 6.45) is -1.18. The minimum absolute atomic E-state index is 0.162. The van der Waals surface area contributed by atoms with Gasteiger partial charge in [0, 0.05) is 31.7 Å². The van der Waals surface area contributed by atoms with Gasteiger partial charge in [0.05, 0.1) is 32.0 Å². The van der Waals surface area contributed by atoms with Gasteiger partial charge in [0.1, 0.15) is 11.9 Å². The lowest BCUT2D eigenvalue weighted by Gasteiger charge is -2.27. The molecule has 3 rings (SSSR count). The van der Waals surface area contributed by atoms with E-state index in [1.165, 1.54) is 0 Å². The van der Waals surface area contributed by atoms with Crippen molar-refractivity contribution >= 4 is 6.03 Å². The van der Waals surface area contributed by atoms with Gasteiger partial charge in [0.2, 0.25) is 0 Å². The molecule has 0 aromatic heterocycles. The lowest BCUT2D eigenvalue weighted by atomic mass is 10.1. The molecule has 2 fully saturated rings. The number of urea groups is 1. The second-order valence-electron chi connectivity index (χ2n) is 6.26. The molecule has 4 N–H and O–H groups in total. The Morgan fingerprint density at radius 2 is 2.04 bits per heavy atom. The molecule has 1 aromatic rings. The number of morpholine rings is 1. The molecule has 25 heavy (non-hydrogen) atoms. The summed E-state index contributed by atoms with van der Waals surface area (Å²) in [4.78, 5) is 13.8. The van der Waals surface area contributed by atoms with E-state index in [1.807, 2.05) is 12.1 Å². The Hall–Kier alpha value is -1.87. The van der Waals surface area contributed by atoms with Crippen LogP contribution < -0.4 is 10.6 Å². The molecule has 1 aromatic carbocycles. The summed E-state index contributed by atoms with van der Waals surface area (Å²) < 4.78 is 10.8. The maximum absolute atomic E-state index is 12.1. The van der Waals surface area contributed by atoms with E-state index in [-0.39, 0.29) is 24.4 Å². The number of hydrogen-bond donors (Lipinski definition) is 4. The predicted molar refractivity (Wildman–Crippen MR) is 90.3 cm³/mol. The number of phenolic OH excluding ortho intramolecular Hbond substituents is 1. The number of aromatic hydroxyl groups is 1. The van der Waals surface area contributed by atoms with Gasteiger partial charge in [-0.1, -0.05) is 18.2 Å². The van der Waals surface area contributed by atoms with E-state index < -0.39 is 12.2 Å². The highest BCUT2D eigenvalue weighted by atomic mass is 16.5. The first-order valence-corrected chi connectivity index (χ1v) is 8.55. The third kappa shape index (κ3) is 4.60. The van der Waals surface area contributed by atoms with Crippen LogP contribution in [0.25, 0.3) is 0 Å². The Bertz CT molecular complexity index is 579. The van der Waals surface area contributed by atoms with Crippen LogP contribution in [-0.2, 0) is 16.0 Å². The van der Waals surface area contributed by atoms with Crippen molar-refractivity contribution in [3.8, 4) is 5.75 Å². The van der Waals surface area contributed by atoms with Crippen LogP contribution >= 0.6 is 0 Å². The molecule has 0 radical (unpaired) electrons. The number of nitrogens with zero attached hydrogens (tertiary/aromatic N) is 1. The van der Waals surface area contributed by atoms with Crippen molar-refractivity contribution in [2.24, 2.45) is 0 Å². The van der Waals surface area contributed by atoms with Crippen LogP contribution in [0.4, 0.5) is 4.79 Å². The molecule has 0 spiro atoms. The fourth-order valence-corrected chi connectivity index (χ4v) is 3.01. The molecule has 2 aliphatic rings. The van der Waals surface area contributed by atoms with Crippen LogP contribution in [0.3, 0.4) is 0 Å². The minimum atomic E-state index is -0.726. The van der Waals surface area contributed by atoms with Crippen molar-refractivity contribution in [1.82, 2.24) is 15.5 Å². The average molecular weight is 351 g/mol. The summed E-state index contributed by atoms with van der Waals surface area (Å²) in [6, 6.07) is 6.66. The van der Waals surface area contributed by atoms with Gasteiger partial charge in [-0.05, 0) is 6.07 Å². The monoisotopic (exact) mass is 351 g/mol. The van der Waals surface area contributed by atoms with Gasteiger partial charge in [0.25, 0.3) is 0 Å². The van der Waals surface area contributed by atoms with Gasteiger partial charge in [0.15, 0.2) is 0 Å². The van der Waals surface area contributed by atoms with Gasteiger partial charge in [-0.2, -0.15) is 0 Å². The highest BCUT2D eigenvalue weighted by molar-refractivity contribution is 5.74. The molecular weight excluding hydrogens is 326 g/mol. The number of aliphatic hydroxyl groups excluding tert-OH is 1. The van der Waals surface area contributed by atoms with Gasteiger partial charge in [-0.3, -0.25) is 0 Å². The van der Waals surface area contributed by atoms with E-state index in [4.69, 9.17) is 9.47 Å². The smallest absolute Gasteiger partial charge is 0.317 e. The van der Waals surface area contributed by atoms with Crippen LogP contribution in [-0.4, -0.2) is 78.8 Å². The lowest BCUT2D eigenvalue weighted by Crippen LogP contribution is -2.50. The number of nitrogens with one attached hydrogen (secondary N) is 2. The average Bonchev–Trinajstić information content (AvgIpc) is 2.99. The van der Waals surface area contributed by atoms with E-state index in [1.54, 1.807) is 17.0 Å². The molecule has 138 valence electrons. The van der Waals surface area contributed by atoms with Gasteiger partial charge in [-0.25, -0.2) is 4.79 Å². The minimum Gasteiger partial charge on any atom is -0.508 e. The summed E-state index contributed by atoms with van der Waals surface area (Å²) in [7, 11) is 0. The molecule has 2 saturated heterocycles. The quantitative estimate of drug-likeness (QED) is 0.578. The second kappa shape index (κ2) is 8.48. The highest BCUT2D eigenvalue weighted by Crippen LogP contribution is 2.18. The third-order valence-corrected chi connectivity index (χ3v) is 4.58. The largest absolute Gasteiger partial charge is 0.508 e. The summed E-state index contributed by atoms with van der Waals surface area (Å²) in [5.74, 6) is 0.220. The number of aliphatic hydroxyl groups is 1.